The van der Waals surface area contributed by atoms with Gasteiger partial charge in [-0.05, 0) is 88.5 Å². The Labute approximate surface area is 318 Å². The minimum Gasteiger partial charge on any atom is -0.444 e. The summed E-state index contributed by atoms with van der Waals surface area (Å²) in [6, 6.07) is 8.49. The number of ether oxygens (including phenoxy) is 2. The molecule has 0 bridgehead atoms. The van der Waals surface area contributed by atoms with Crippen molar-refractivity contribution in [3.63, 3.8) is 0 Å². The van der Waals surface area contributed by atoms with Crippen molar-refractivity contribution in [2.75, 3.05) is 57.4 Å². The van der Waals surface area contributed by atoms with Gasteiger partial charge in [-0.15, -0.1) is 0 Å². The van der Waals surface area contributed by atoms with Gasteiger partial charge in [0.1, 0.15) is 11.4 Å². The van der Waals surface area contributed by atoms with Crippen LogP contribution in [-0.4, -0.2) is 122 Å². The predicted molar refractivity (Wildman–Crippen MR) is 211 cm³/mol. The van der Waals surface area contributed by atoms with Crippen molar-refractivity contribution in [3.05, 3.63) is 59.2 Å². The van der Waals surface area contributed by atoms with Crippen LogP contribution in [0, 0.1) is 5.82 Å². The summed E-state index contributed by atoms with van der Waals surface area (Å²) in [6.07, 6.45) is 2.08. The van der Waals surface area contributed by atoms with Crippen molar-refractivity contribution in [1.29, 1.82) is 0 Å². The fraction of sp³-hybridized carbons (Fsp3) is 0.683. The van der Waals surface area contributed by atoms with Gasteiger partial charge in [-0.1, -0.05) is 46.8 Å². The van der Waals surface area contributed by atoms with Crippen molar-refractivity contribution < 1.29 is 27.9 Å². The number of rotatable bonds is 9. The van der Waals surface area contributed by atoms with E-state index in [0.717, 1.165) is 22.5 Å². The summed E-state index contributed by atoms with van der Waals surface area (Å²) in [6.45, 7) is 29.7. The molecule has 0 radical (unpaired) electrons. The van der Waals surface area contributed by atoms with Crippen LogP contribution in [0.1, 0.15) is 86.1 Å². The molecule has 294 valence electrons. The van der Waals surface area contributed by atoms with Crippen LogP contribution in [0.25, 0.3) is 0 Å². The fourth-order valence-electron chi connectivity index (χ4n) is 7.26. The molecule has 5 rings (SSSR count). The van der Waals surface area contributed by atoms with E-state index in [-0.39, 0.29) is 59.0 Å². The number of carbonyl (C=O) groups is 2. The summed E-state index contributed by atoms with van der Waals surface area (Å²) in [5, 5.41) is 0.108. The van der Waals surface area contributed by atoms with Gasteiger partial charge in [-0.2, -0.15) is 0 Å². The molecular weight excluding hydrogens is 690 g/mol. The largest absolute Gasteiger partial charge is 0.444 e. The molecular formula is C41H64FN5O5Si. The summed E-state index contributed by atoms with van der Waals surface area (Å²) in [5.74, 6) is -0.256. The molecule has 12 heteroatoms. The van der Waals surface area contributed by atoms with Gasteiger partial charge in [0.05, 0.1) is 37.2 Å². The number of anilines is 1. The first kappa shape index (κ1) is 41.3. The zero-order chi connectivity index (χ0) is 39.1. The molecule has 1 aromatic carbocycles. The standard InChI is InChI=1S/C41H64FN5O5Si/c1-28-20-45(24-36(48)47-27-41(9,10)37-35(47)18-31(19-43-37)17-30-13-15-32(42)16-14-30)33(22-46(28)38(49)52-39(3,4)5)21-44-23-34(50-25-29(44)2)26-51-53(11,12)40(6,7)8/h13-16,18-19,28-29,33-34H,17,20-27H2,1-12H3/t28-,29-,33+,34-/m1/s1. The zero-order valence-corrected chi connectivity index (χ0v) is 35.3. The van der Waals surface area contributed by atoms with E-state index in [1.165, 1.54) is 12.1 Å². The Hall–Kier alpha value is -2.90. The normalized spacial score (nSPS) is 24.3. The van der Waals surface area contributed by atoms with Crippen molar-refractivity contribution in [2.24, 2.45) is 0 Å². The number of amides is 2. The molecule has 3 aliphatic rings. The maximum absolute atomic E-state index is 14.5. The molecule has 1 aromatic heterocycles. The minimum atomic E-state index is -1.95. The van der Waals surface area contributed by atoms with Crippen molar-refractivity contribution in [1.82, 2.24) is 19.7 Å². The highest BCUT2D eigenvalue weighted by atomic mass is 28.4. The first-order valence-corrected chi connectivity index (χ1v) is 22.2. The van der Waals surface area contributed by atoms with Gasteiger partial charge in [0.15, 0.2) is 8.32 Å². The molecule has 0 unspecified atom stereocenters. The molecule has 4 atom stereocenters. The van der Waals surface area contributed by atoms with Crippen LogP contribution in [0.5, 0.6) is 0 Å². The molecule has 2 fully saturated rings. The lowest BCUT2D eigenvalue weighted by Crippen LogP contribution is -2.65. The number of fused-ring (bicyclic) bond motifs is 1. The molecule has 0 aliphatic carbocycles. The van der Waals surface area contributed by atoms with E-state index in [1.54, 1.807) is 12.1 Å². The topological polar surface area (TPSA) is 87.7 Å². The van der Waals surface area contributed by atoms with Crippen molar-refractivity contribution in [2.45, 2.75) is 129 Å². The first-order valence-electron chi connectivity index (χ1n) is 19.3. The molecule has 0 spiro atoms. The number of piperazine rings is 1. The Morgan fingerprint density at radius 2 is 1.66 bits per heavy atom. The predicted octanol–water partition coefficient (Wildman–Crippen LogP) is 6.86. The van der Waals surface area contributed by atoms with E-state index in [1.807, 2.05) is 43.7 Å². The number of benzene rings is 1. The van der Waals surface area contributed by atoms with E-state index < -0.39 is 13.9 Å². The first-order chi connectivity index (χ1) is 24.5. The van der Waals surface area contributed by atoms with Crippen LogP contribution in [0.15, 0.2) is 36.5 Å². The third kappa shape index (κ3) is 10.0. The van der Waals surface area contributed by atoms with Crippen molar-refractivity contribution in [3.8, 4) is 0 Å². The maximum Gasteiger partial charge on any atom is 0.410 e. The molecule has 53 heavy (non-hydrogen) atoms. The molecule has 0 N–H and O–H groups in total. The van der Waals surface area contributed by atoms with Crippen LogP contribution in [0.2, 0.25) is 18.1 Å². The van der Waals surface area contributed by atoms with Gasteiger partial charge in [0.2, 0.25) is 5.91 Å². The smallest absolute Gasteiger partial charge is 0.410 e. The molecule has 2 saturated heterocycles. The van der Waals surface area contributed by atoms with E-state index >= 15 is 0 Å². The Balaban J connectivity index is 1.36. The Bertz CT molecular complexity index is 1610. The van der Waals surface area contributed by atoms with Gasteiger partial charge in [-0.25, -0.2) is 9.18 Å². The van der Waals surface area contributed by atoms with E-state index in [4.69, 9.17) is 18.9 Å². The quantitative estimate of drug-likeness (QED) is 0.257. The zero-order valence-electron chi connectivity index (χ0n) is 34.3. The Morgan fingerprint density at radius 3 is 2.30 bits per heavy atom. The summed E-state index contributed by atoms with van der Waals surface area (Å²) >= 11 is 0. The second-order valence-electron chi connectivity index (χ2n) is 18.8. The summed E-state index contributed by atoms with van der Waals surface area (Å²) in [5.41, 5.74) is 2.76. The monoisotopic (exact) mass is 753 g/mol. The Kier molecular flexibility index (Phi) is 12.2. The number of pyridine rings is 1. The second-order valence-corrected chi connectivity index (χ2v) is 23.6. The van der Waals surface area contributed by atoms with Crippen LogP contribution in [0.3, 0.4) is 0 Å². The van der Waals surface area contributed by atoms with Crippen LogP contribution < -0.4 is 4.90 Å². The average Bonchev–Trinajstić information content (AvgIpc) is 3.32. The highest BCUT2D eigenvalue weighted by Crippen LogP contribution is 2.40. The van der Waals surface area contributed by atoms with Crippen LogP contribution in [-0.2, 0) is 30.5 Å². The SMILES string of the molecule is C[C@@H]1CO[C@@H](CO[Si](C)(C)C(C)(C)C)CN1C[C@H]1CN(C(=O)OC(C)(C)C)[C@H](C)CN1CC(=O)N1CC(C)(C)c2ncc(Cc3ccc(F)cc3)cc21. The molecule has 2 aromatic rings. The Morgan fingerprint density at radius 1 is 0.981 bits per heavy atom. The maximum atomic E-state index is 14.5. The van der Waals surface area contributed by atoms with Gasteiger partial charge < -0.3 is 23.7 Å². The van der Waals surface area contributed by atoms with E-state index in [0.29, 0.717) is 52.4 Å². The third-order valence-corrected chi connectivity index (χ3v) is 16.0. The fourth-order valence-corrected chi connectivity index (χ4v) is 8.30. The molecule has 10 nitrogen and oxygen atoms in total. The highest BCUT2D eigenvalue weighted by molar-refractivity contribution is 6.74. The summed E-state index contributed by atoms with van der Waals surface area (Å²) < 4.78 is 32.3. The van der Waals surface area contributed by atoms with Crippen LogP contribution in [0.4, 0.5) is 14.9 Å². The highest BCUT2D eigenvalue weighted by Gasteiger charge is 2.44. The summed E-state index contributed by atoms with van der Waals surface area (Å²) in [4.78, 5) is 41.2. The lowest BCUT2D eigenvalue weighted by Gasteiger charge is -2.48. The number of nitrogens with zero attached hydrogens (tertiary/aromatic N) is 5. The molecule has 3 aliphatic heterocycles. The number of aromatic nitrogens is 1. The third-order valence-electron chi connectivity index (χ3n) is 11.5. The number of halogens is 1. The van der Waals surface area contributed by atoms with E-state index in [2.05, 4.69) is 70.5 Å². The summed E-state index contributed by atoms with van der Waals surface area (Å²) in [7, 11) is -1.95. The average molecular weight is 754 g/mol. The number of hydrogen-bond donors (Lipinski definition) is 0. The number of morpholine rings is 1. The van der Waals surface area contributed by atoms with Gasteiger partial charge in [0, 0.05) is 62.5 Å². The van der Waals surface area contributed by atoms with E-state index in [9.17, 15) is 14.0 Å². The van der Waals surface area contributed by atoms with Crippen LogP contribution >= 0.6 is 0 Å². The molecule has 0 saturated carbocycles. The minimum absolute atomic E-state index is 0.0103. The second kappa shape index (κ2) is 15.7. The van der Waals surface area contributed by atoms with Gasteiger partial charge >= 0.3 is 6.09 Å². The van der Waals surface area contributed by atoms with Gasteiger partial charge in [0.25, 0.3) is 0 Å². The number of hydrogen-bond acceptors (Lipinski definition) is 8. The number of carbonyl (C=O) groups excluding carboxylic acids is 2. The molecule has 2 amide bonds. The van der Waals surface area contributed by atoms with Gasteiger partial charge in [-0.3, -0.25) is 19.6 Å². The van der Waals surface area contributed by atoms with Crippen molar-refractivity contribution >= 4 is 26.0 Å². The molecule has 4 heterocycles. The lowest BCUT2D eigenvalue weighted by molar-refractivity contribution is -0.122. The lowest BCUT2D eigenvalue weighted by atomic mass is 9.91.